The fourth-order valence-corrected chi connectivity index (χ4v) is 1.73. The van der Waals surface area contributed by atoms with Gasteiger partial charge in [0.05, 0.1) is 14.2 Å². The Hall–Kier alpha value is -1.75. The summed E-state index contributed by atoms with van der Waals surface area (Å²) in [6, 6.07) is 3.13. The quantitative estimate of drug-likeness (QED) is 0.760. The van der Waals surface area contributed by atoms with Crippen molar-refractivity contribution in [1.29, 1.82) is 0 Å². The second-order valence-electron chi connectivity index (χ2n) is 3.62. The number of esters is 1. The summed E-state index contributed by atoms with van der Waals surface area (Å²) in [5.74, 6) is -1.40. The van der Waals surface area contributed by atoms with Gasteiger partial charge in [-0.2, -0.15) is 0 Å². The molecular formula is C11H12O5. The molecule has 1 N–H and O–H groups in total. The van der Waals surface area contributed by atoms with Crippen LogP contribution in [0.1, 0.15) is 22.8 Å². The van der Waals surface area contributed by atoms with E-state index in [9.17, 15) is 9.90 Å². The summed E-state index contributed by atoms with van der Waals surface area (Å²) in [4.78, 5) is 11.6. The van der Waals surface area contributed by atoms with Crippen molar-refractivity contribution >= 4 is 5.97 Å². The van der Waals surface area contributed by atoms with Crippen molar-refractivity contribution in [2.24, 2.45) is 0 Å². The molecule has 5 heteroatoms. The molecule has 2 rings (SSSR count). The molecule has 16 heavy (non-hydrogen) atoms. The predicted octanol–water partition coefficient (Wildman–Crippen LogP) is 1.04. The van der Waals surface area contributed by atoms with Crippen LogP contribution in [0.4, 0.5) is 0 Å². The van der Waals surface area contributed by atoms with Crippen LogP contribution in [-0.4, -0.2) is 25.3 Å². The molecule has 0 saturated carbocycles. The third kappa shape index (κ3) is 1.40. The summed E-state index contributed by atoms with van der Waals surface area (Å²) in [5.41, 5.74) is 0.599. The number of benzene rings is 1. The average Bonchev–Trinajstić information content (AvgIpc) is 2.48. The van der Waals surface area contributed by atoms with E-state index < -0.39 is 11.8 Å². The van der Waals surface area contributed by atoms with Crippen molar-refractivity contribution in [2.75, 3.05) is 14.2 Å². The summed E-state index contributed by atoms with van der Waals surface area (Å²) in [5, 5.41) is 9.90. The number of methoxy groups -OCH3 is 2. The lowest BCUT2D eigenvalue weighted by atomic mass is 10.0. The number of carbonyl (C=O) groups excluding carboxylic acids is 1. The number of carbonyl (C=O) groups is 1. The zero-order valence-electron chi connectivity index (χ0n) is 9.23. The van der Waals surface area contributed by atoms with Crippen LogP contribution in [0.2, 0.25) is 0 Å². The monoisotopic (exact) mass is 224 g/mol. The van der Waals surface area contributed by atoms with Gasteiger partial charge in [0.15, 0.2) is 0 Å². The molecule has 0 aliphatic carbocycles. The van der Waals surface area contributed by atoms with E-state index in [1.807, 2.05) is 0 Å². The summed E-state index contributed by atoms with van der Waals surface area (Å²) in [6.07, 6.45) is 0. The third-order valence-corrected chi connectivity index (χ3v) is 2.53. The highest BCUT2D eigenvalue weighted by molar-refractivity contribution is 5.97. The molecule has 0 bridgehead atoms. The van der Waals surface area contributed by atoms with Gasteiger partial charge in [-0.05, 0) is 6.07 Å². The van der Waals surface area contributed by atoms with Gasteiger partial charge < -0.3 is 19.3 Å². The fourth-order valence-electron chi connectivity index (χ4n) is 1.73. The van der Waals surface area contributed by atoms with E-state index in [-0.39, 0.29) is 5.56 Å². The largest absolute Gasteiger partial charge is 0.497 e. The Morgan fingerprint density at radius 3 is 2.56 bits per heavy atom. The van der Waals surface area contributed by atoms with Crippen molar-refractivity contribution in [2.45, 2.75) is 12.7 Å². The minimum absolute atomic E-state index is 0.244. The first-order chi connectivity index (χ1) is 7.49. The van der Waals surface area contributed by atoms with Gasteiger partial charge in [0.1, 0.15) is 17.1 Å². The number of cyclic esters (lactones) is 1. The Morgan fingerprint density at radius 1 is 1.31 bits per heavy atom. The lowest BCUT2D eigenvalue weighted by Crippen LogP contribution is -2.20. The fraction of sp³-hybridized carbons (Fsp3) is 0.364. The number of aliphatic hydroxyl groups is 1. The third-order valence-electron chi connectivity index (χ3n) is 2.53. The second-order valence-corrected chi connectivity index (χ2v) is 3.62. The van der Waals surface area contributed by atoms with Gasteiger partial charge in [-0.1, -0.05) is 0 Å². The molecule has 1 heterocycles. The Kier molecular flexibility index (Phi) is 2.27. The van der Waals surface area contributed by atoms with Gasteiger partial charge in [0.25, 0.3) is 0 Å². The highest BCUT2D eigenvalue weighted by atomic mass is 16.7. The Bertz CT molecular complexity index is 450. The van der Waals surface area contributed by atoms with Crippen molar-refractivity contribution in [3.63, 3.8) is 0 Å². The van der Waals surface area contributed by atoms with Crippen LogP contribution in [0.3, 0.4) is 0 Å². The maximum absolute atomic E-state index is 11.6. The lowest BCUT2D eigenvalue weighted by Gasteiger charge is -2.16. The number of hydrogen-bond donors (Lipinski definition) is 1. The molecule has 0 saturated heterocycles. The van der Waals surface area contributed by atoms with Gasteiger partial charge in [0, 0.05) is 18.6 Å². The van der Waals surface area contributed by atoms with E-state index in [2.05, 4.69) is 0 Å². The normalized spacial score (nSPS) is 22.6. The topological polar surface area (TPSA) is 65.0 Å². The van der Waals surface area contributed by atoms with Crippen molar-refractivity contribution < 1.29 is 24.1 Å². The smallest absolute Gasteiger partial charge is 0.345 e. The maximum atomic E-state index is 11.6. The molecule has 0 aromatic heterocycles. The summed E-state index contributed by atoms with van der Waals surface area (Å²) in [7, 11) is 2.93. The molecule has 5 nitrogen and oxygen atoms in total. The zero-order chi connectivity index (χ0) is 11.9. The first kappa shape index (κ1) is 10.8. The molecular weight excluding hydrogens is 212 g/mol. The van der Waals surface area contributed by atoms with Crippen LogP contribution in [0.25, 0.3) is 0 Å². The molecule has 1 aliphatic rings. The molecule has 1 aliphatic heterocycles. The molecule has 0 spiro atoms. The molecule has 1 aromatic rings. The van der Waals surface area contributed by atoms with E-state index in [4.69, 9.17) is 14.2 Å². The number of hydrogen-bond acceptors (Lipinski definition) is 5. The second kappa shape index (κ2) is 3.38. The van der Waals surface area contributed by atoms with E-state index in [1.165, 1.54) is 21.1 Å². The number of fused-ring (bicyclic) bond motifs is 1. The minimum Gasteiger partial charge on any atom is -0.497 e. The van der Waals surface area contributed by atoms with Gasteiger partial charge >= 0.3 is 5.97 Å². The van der Waals surface area contributed by atoms with Gasteiger partial charge in [-0.15, -0.1) is 0 Å². The predicted molar refractivity (Wildman–Crippen MR) is 54.5 cm³/mol. The Morgan fingerprint density at radius 2 is 2.00 bits per heavy atom. The van der Waals surface area contributed by atoms with Gasteiger partial charge in [0.2, 0.25) is 5.79 Å². The van der Waals surface area contributed by atoms with E-state index in [0.717, 1.165) is 0 Å². The Balaban J connectivity index is 2.69. The van der Waals surface area contributed by atoms with Gasteiger partial charge in [-0.3, -0.25) is 0 Å². The molecule has 1 atom stereocenters. The lowest BCUT2D eigenvalue weighted by molar-refractivity contribution is -0.147. The van der Waals surface area contributed by atoms with E-state index in [1.54, 1.807) is 12.1 Å². The summed E-state index contributed by atoms with van der Waals surface area (Å²) >= 11 is 0. The Labute approximate surface area is 92.5 Å². The zero-order valence-corrected chi connectivity index (χ0v) is 9.23. The molecule has 86 valence electrons. The van der Waals surface area contributed by atoms with Crippen molar-refractivity contribution in [3.05, 3.63) is 23.3 Å². The van der Waals surface area contributed by atoms with E-state index in [0.29, 0.717) is 17.1 Å². The highest BCUT2D eigenvalue weighted by Gasteiger charge is 2.42. The van der Waals surface area contributed by atoms with Crippen LogP contribution in [0.5, 0.6) is 11.5 Å². The summed E-state index contributed by atoms with van der Waals surface area (Å²) < 4.78 is 15.0. The first-order valence-electron chi connectivity index (χ1n) is 4.72. The van der Waals surface area contributed by atoms with Crippen LogP contribution in [0.15, 0.2) is 12.1 Å². The van der Waals surface area contributed by atoms with Crippen LogP contribution < -0.4 is 9.47 Å². The molecule has 0 fully saturated rings. The number of rotatable bonds is 2. The van der Waals surface area contributed by atoms with Crippen molar-refractivity contribution in [1.82, 2.24) is 0 Å². The highest BCUT2D eigenvalue weighted by Crippen LogP contribution is 2.41. The number of ether oxygens (including phenoxy) is 3. The molecule has 0 radical (unpaired) electrons. The van der Waals surface area contributed by atoms with E-state index >= 15 is 0 Å². The van der Waals surface area contributed by atoms with Crippen molar-refractivity contribution in [3.8, 4) is 11.5 Å². The molecule has 0 unspecified atom stereocenters. The van der Waals surface area contributed by atoms with Crippen LogP contribution in [0, 0.1) is 0 Å². The maximum Gasteiger partial charge on any atom is 0.345 e. The van der Waals surface area contributed by atoms with Gasteiger partial charge in [-0.25, -0.2) is 4.79 Å². The van der Waals surface area contributed by atoms with Crippen LogP contribution in [-0.2, 0) is 10.5 Å². The standard InChI is InChI=1S/C11H12O5/c1-11(13)7-4-6(14-2)5-8(15-3)9(7)10(12)16-11/h4-5,13H,1-3H3/t11-/m0/s1. The van der Waals surface area contributed by atoms with Crippen LogP contribution >= 0.6 is 0 Å². The minimum atomic E-state index is -1.63. The first-order valence-corrected chi connectivity index (χ1v) is 4.72. The summed E-state index contributed by atoms with van der Waals surface area (Å²) in [6.45, 7) is 1.40. The average molecular weight is 224 g/mol. The molecule has 0 amide bonds. The SMILES string of the molecule is COc1cc(OC)c2c(c1)[C@@](C)(O)OC2=O. The molecule has 1 aromatic carbocycles.